The minimum Gasteiger partial charge on any atom is -0.350 e. The number of urea groups is 1. The molecule has 4 amide bonds. The molecule has 1 atom stereocenters. The van der Waals surface area contributed by atoms with Gasteiger partial charge in [-0.2, -0.15) is 0 Å². The van der Waals surface area contributed by atoms with E-state index in [4.69, 9.17) is 17.5 Å². The molecule has 0 aromatic rings. The number of hydrogen-bond acceptors (Lipinski definition) is 3. The van der Waals surface area contributed by atoms with Crippen LogP contribution in [0.5, 0.6) is 0 Å². The highest BCUT2D eigenvalue weighted by molar-refractivity contribution is 6.24. The van der Waals surface area contributed by atoms with Crippen LogP contribution in [-0.4, -0.2) is 28.3 Å². The number of nitrogens with zero attached hydrogens (tertiary/aromatic N) is 1. The monoisotopic (exact) mass is 191 g/mol. The van der Waals surface area contributed by atoms with E-state index in [2.05, 4.69) is 0 Å². The Morgan fingerprint density at radius 3 is 2.58 bits per heavy atom. The molecular formula is C5H6ClN3O3. The van der Waals surface area contributed by atoms with Crippen molar-refractivity contribution in [3.63, 3.8) is 0 Å². The SMILES string of the molecule is NC(=O)N(Cl)C1CC(=O)NC1=O. The van der Waals surface area contributed by atoms with Crippen LogP contribution in [0.1, 0.15) is 6.42 Å². The van der Waals surface area contributed by atoms with Crippen molar-refractivity contribution in [3.05, 3.63) is 0 Å². The Labute approximate surface area is 72.7 Å². The highest BCUT2D eigenvalue weighted by Crippen LogP contribution is 2.12. The van der Waals surface area contributed by atoms with Gasteiger partial charge < -0.3 is 5.73 Å². The molecule has 1 unspecified atom stereocenters. The number of primary amides is 1. The first kappa shape index (κ1) is 8.79. The number of rotatable bonds is 1. The summed E-state index contributed by atoms with van der Waals surface area (Å²) in [7, 11) is 0. The third-order valence-electron chi connectivity index (χ3n) is 1.43. The van der Waals surface area contributed by atoms with Crippen LogP contribution in [0.2, 0.25) is 0 Å². The van der Waals surface area contributed by atoms with E-state index in [1.54, 1.807) is 0 Å². The summed E-state index contributed by atoms with van der Waals surface area (Å²) in [5.41, 5.74) is 4.79. The van der Waals surface area contributed by atoms with Crippen LogP contribution in [0.25, 0.3) is 0 Å². The number of amides is 4. The van der Waals surface area contributed by atoms with Gasteiger partial charge in [0.25, 0.3) is 5.91 Å². The summed E-state index contributed by atoms with van der Waals surface area (Å²) >= 11 is 5.33. The van der Waals surface area contributed by atoms with Crippen molar-refractivity contribution in [2.24, 2.45) is 5.73 Å². The molecule has 0 aliphatic carbocycles. The maximum absolute atomic E-state index is 10.9. The molecular weight excluding hydrogens is 186 g/mol. The number of imide groups is 1. The molecule has 12 heavy (non-hydrogen) atoms. The third-order valence-corrected chi connectivity index (χ3v) is 1.83. The molecule has 0 bridgehead atoms. The molecule has 1 fully saturated rings. The van der Waals surface area contributed by atoms with Gasteiger partial charge in [0, 0.05) is 11.8 Å². The number of nitrogens with one attached hydrogen (secondary N) is 1. The summed E-state index contributed by atoms with van der Waals surface area (Å²) in [6.07, 6.45) is -0.134. The van der Waals surface area contributed by atoms with Gasteiger partial charge in [-0.3, -0.25) is 14.9 Å². The first-order chi connectivity index (χ1) is 5.52. The summed E-state index contributed by atoms with van der Waals surface area (Å²) in [5.74, 6) is -1.06. The van der Waals surface area contributed by atoms with Crippen molar-refractivity contribution < 1.29 is 14.4 Å². The third kappa shape index (κ3) is 1.48. The van der Waals surface area contributed by atoms with E-state index in [1.165, 1.54) is 0 Å². The largest absolute Gasteiger partial charge is 0.350 e. The molecule has 0 spiro atoms. The maximum atomic E-state index is 10.9. The van der Waals surface area contributed by atoms with Crippen molar-refractivity contribution in [3.8, 4) is 0 Å². The van der Waals surface area contributed by atoms with Gasteiger partial charge in [-0.1, -0.05) is 0 Å². The average molecular weight is 192 g/mol. The zero-order valence-electron chi connectivity index (χ0n) is 5.91. The van der Waals surface area contributed by atoms with Gasteiger partial charge in [0.15, 0.2) is 0 Å². The molecule has 1 aliphatic rings. The normalized spacial score (nSPS) is 22.2. The van der Waals surface area contributed by atoms with E-state index < -0.39 is 23.9 Å². The van der Waals surface area contributed by atoms with Gasteiger partial charge in [0.05, 0.1) is 6.42 Å². The number of carbonyl (C=O) groups is 3. The van der Waals surface area contributed by atoms with E-state index >= 15 is 0 Å². The smallest absolute Gasteiger partial charge is 0.330 e. The van der Waals surface area contributed by atoms with Crippen LogP contribution < -0.4 is 11.1 Å². The fourth-order valence-electron chi connectivity index (χ4n) is 0.877. The molecule has 1 saturated heterocycles. The van der Waals surface area contributed by atoms with Gasteiger partial charge in [-0.05, 0) is 0 Å². The second-order valence-corrected chi connectivity index (χ2v) is 2.65. The second kappa shape index (κ2) is 2.98. The van der Waals surface area contributed by atoms with Gasteiger partial charge in [0.2, 0.25) is 5.91 Å². The summed E-state index contributed by atoms with van der Waals surface area (Å²) < 4.78 is 0.514. The Hall–Kier alpha value is -1.30. The van der Waals surface area contributed by atoms with Crippen LogP contribution >= 0.6 is 11.8 Å². The lowest BCUT2D eigenvalue weighted by molar-refractivity contribution is -0.125. The molecule has 0 radical (unpaired) electrons. The number of hydrogen-bond donors (Lipinski definition) is 2. The first-order valence-corrected chi connectivity index (χ1v) is 3.44. The van der Waals surface area contributed by atoms with Crippen molar-refractivity contribution in [1.29, 1.82) is 0 Å². The minimum absolute atomic E-state index is 0.134. The van der Waals surface area contributed by atoms with Gasteiger partial charge in [-0.25, -0.2) is 9.21 Å². The highest BCUT2D eigenvalue weighted by atomic mass is 35.5. The first-order valence-electron chi connectivity index (χ1n) is 3.10. The van der Waals surface area contributed by atoms with E-state index in [1.807, 2.05) is 5.32 Å². The highest BCUT2D eigenvalue weighted by Gasteiger charge is 2.36. The Morgan fingerprint density at radius 1 is 1.67 bits per heavy atom. The van der Waals surface area contributed by atoms with Crippen molar-refractivity contribution in [1.82, 2.24) is 9.74 Å². The predicted octanol–water partition coefficient (Wildman–Crippen LogP) is -1.06. The maximum Gasteiger partial charge on any atom is 0.330 e. The molecule has 0 saturated carbocycles. The number of nitrogens with two attached hydrogens (primary N) is 1. The van der Waals surface area contributed by atoms with Crippen LogP contribution in [0.3, 0.4) is 0 Å². The lowest BCUT2D eigenvalue weighted by Crippen LogP contribution is -2.41. The van der Waals surface area contributed by atoms with E-state index in [-0.39, 0.29) is 6.42 Å². The Morgan fingerprint density at radius 2 is 2.25 bits per heavy atom. The van der Waals surface area contributed by atoms with Crippen molar-refractivity contribution in [2.45, 2.75) is 12.5 Å². The topological polar surface area (TPSA) is 92.5 Å². The molecule has 1 heterocycles. The molecule has 7 heteroatoms. The van der Waals surface area contributed by atoms with E-state index in [9.17, 15) is 14.4 Å². The molecule has 1 aliphatic heterocycles. The zero-order valence-corrected chi connectivity index (χ0v) is 6.67. The molecule has 0 aromatic carbocycles. The Balaban J connectivity index is 2.70. The standard InChI is InChI=1S/C5H6ClN3O3/c6-9(5(7)12)2-1-3(10)8-4(2)11/h2H,1H2,(H2,7,12)(H,8,10,11). The summed E-state index contributed by atoms with van der Waals surface area (Å²) in [6.45, 7) is 0. The predicted molar refractivity (Wildman–Crippen MR) is 38.8 cm³/mol. The molecule has 6 nitrogen and oxygen atoms in total. The second-order valence-electron chi connectivity index (χ2n) is 2.28. The van der Waals surface area contributed by atoms with Crippen LogP contribution in [0.15, 0.2) is 0 Å². The van der Waals surface area contributed by atoms with E-state index in [0.29, 0.717) is 4.42 Å². The van der Waals surface area contributed by atoms with Gasteiger partial charge in [-0.15, -0.1) is 0 Å². The van der Waals surface area contributed by atoms with Gasteiger partial charge in [0.1, 0.15) is 6.04 Å². The Bertz CT molecular complexity index is 254. The molecule has 0 aromatic heterocycles. The van der Waals surface area contributed by atoms with E-state index in [0.717, 1.165) is 0 Å². The molecule has 3 N–H and O–H groups in total. The van der Waals surface area contributed by atoms with Crippen LogP contribution in [-0.2, 0) is 9.59 Å². The fourth-order valence-corrected chi connectivity index (χ4v) is 1.03. The lowest BCUT2D eigenvalue weighted by Gasteiger charge is -2.14. The average Bonchev–Trinajstić information content (AvgIpc) is 2.28. The minimum atomic E-state index is -0.975. The number of carbonyl (C=O) groups excluding carboxylic acids is 3. The van der Waals surface area contributed by atoms with Crippen molar-refractivity contribution >= 4 is 29.6 Å². The molecule has 66 valence electrons. The summed E-state index contributed by atoms with van der Waals surface area (Å²) in [6, 6.07) is -1.93. The van der Waals surface area contributed by atoms with Crippen LogP contribution in [0.4, 0.5) is 4.79 Å². The van der Waals surface area contributed by atoms with Crippen LogP contribution in [0, 0.1) is 0 Å². The fraction of sp³-hybridized carbons (Fsp3) is 0.400. The summed E-state index contributed by atoms with van der Waals surface area (Å²) in [4.78, 5) is 31.9. The molecule has 1 rings (SSSR count). The number of halogens is 1. The van der Waals surface area contributed by atoms with Gasteiger partial charge >= 0.3 is 6.03 Å². The summed E-state index contributed by atoms with van der Waals surface area (Å²) in [5, 5.41) is 1.99. The zero-order chi connectivity index (χ0) is 9.30. The lowest BCUT2D eigenvalue weighted by atomic mass is 10.2. The quantitative estimate of drug-likeness (QED) is 0.409. The Kier molecular flexibility index (Phi) is 2.18. The van der Waals surface area contributed by atoms with Crippen molar-refractivity contribution in [2.75, 3.05) is 0 Å².